The molecule has 0 aliphatic carbocycles. The largest absolute Gasteiger partial charge is 0.417 e. The van der Waals surface area contributed by atoms with Gasteiger partial charge in [0.1, 0.15) is 0 Å². The van der Waals surface area contributed by atoms with Crippen molar-refractivity contribution in [2.75, 3.05) is 4.90 Å². The molecule has 4 nitrogen and oxygen atoms in total. The van der Waals surface area contributed by atoms with Gasteiger partial charge in [0, 0.05) is 0 Å². The van der Waals surface area contributed by atoms with Crippen molar-refractivity contribution < 1.29 is 27.5 Å². The molecule has 0 saturated carbocycles. The molecule has 1 aromatic rings. The Labute approximate surface area is 133 Å². The number of carbonyl (C=O) groups excluding carboxylic acids is 2. The lowest BCUT2D eigenvalue weighted by Crippen LogP contribution is -2.34. The smallest absolute Gasteiger partial charge is 0.365 e. The highest BCUT2D eigenvalue weighted by atomic mass is 35.5. The van der Waals surface area contributed by atoms with E-state index in [9.17, 15) is 22.8 Å². The van der Waals surface area contributed by atoms with Crippen molar-refractivity contribution in [1.82, 2.24) is 0 Å². The van der Waals surface area contributed by atoms with Gasteiger partial charge in [-0.05, 0) is 18.2 Å². The van der Waals surface area contributed by atoms with E-state index in [2.05, 4.69) is 0 Å². The lowest BCUT2D eigenvalue weighted by Gasteiger charge is -2.19. The monoisotopic (exact) mass is 343 g/mol. The lowest BCUT2D eigenvalue weighted by atomic mass is 9.85. The highest BCUT2D eigenvalue weighted by Gasteiger charge is 2.61. The quantitative estimate of drug-likeness (QED) is 0.582. The van der Waals surface area contributed by atoms with E-state index >= 15 is 0 Å². The molecule has 4 rings (SSSR count). The Balaban J connectivity index is 1.75. The number of hydrogen-bond donors (Lipinski definition) is 0. The molecule has 0 spiro atoms. The van der Waals surface area contributed by atoms with Gasteiger partial charge in [0.25, 0.3) is 0 Å². The third-order valence-corrected chi connectivity index (χ3v) is 4.75. The Morgan fingerprint density at radius 1 is 1.04 bits per heavy atom. The minimum atomic E-state index is -4.67. The molecule has 23 heavy (non-hydrogen) atoms. The van der Waals surface area contributed by atoms with Crippen LogP contribution in [-0.4, -0.2) is 24.0 Å². The Kier molecular flexibility index (Phi) is 2.93. The summed E-state index contributed by atoms with van der Waals surface area (Å²) in [6, 6.07) is 3.01. The molecule has 4 atom stereocenters. The van der Waals surface area contributed by atoms with Crippen LogP contribution in [0.5, 0.6) is 0 Å². The third kappa shape index (κ3) is 1.96. The Morgan fingerprint density at radius 3 is 2.13 bits per heavy atom. The number of anilines is 1. The van der Waals surface area contributed by atoms with E-state index in [1.165, 1.54) is 6.07 Å². The van der Waals surface area contributed by atoms with Crippen LogP contribution in [0.25, 0.3) is 0 Å². The van der Waals surface area contributed by atoms with E-state index in [1.54, 1.807) is 12.2 Å². The van der Waals surface area contributed by atoms with Gasteiger partial charge < -0.3 is 4.74 Å². The van der Waals surface area contributed by atoms with Gasteiger partial charge >= 0.3 is 6.18 Å². The number of nitrogens with zero attached hydrogens (tertiary/aromatic N) is 1. The fourth-order valence-electron chi connectivity index (χ4n) is 3.43. The molecule has 1 aromatic carbocycles. The summed E-state index contributed by atoms with van der Waals surface area (Å²) in [6.45, 7) is 0. The first-order valence-corrected chi connectivity index (χ1v) is 7.25. The number of hydrogen-bond acceptors (Lipinski definition) is 3. The average Bonchev–Trinajstić information content (AvgIpc) is 3.13. The number of rotatable bonds is 1. The number of amides is 2. The van der Waals surface area contributed by atoms with E-state index < -0.39 is 52.6 Å². The van der Waals surface area contributed by atoms with Crippen LogP contribution in [-0.2, 0) is 20.5 Å². The first-order chi connectivity index (χ1) is 10.8. The van der Waals surface area contributed by atoms with Crippen molar-refractivity contribution in [3.63, 3.8) is 0 Å². The van der Waals surface area contributed by atoms with Crippen LogP contribution >= 0.6 is 11.6 Å². The predicted octanol–water partition coefficient (Wildman–Crippen LogP) is 2.80. The predicted molar refractivity (Wildman–Crippen MR) is 73.7 cm³/mol. The van der Waals surface area contributed by atoms with Gasteiger partial charge in [-0.2, -0.15) is 13.2 Å². The number of fused-ring (bicyclic) bond motifs is 5. The van der Waals surface area contributed by atoms with Gasteiger partial charge in [-0.3, -0.25) is 9.59 Å². The molecule has 3 heterocycles. The summed E-state index contributed by atoms with van der Waals surface area (Å²) in [5.41, 5.74) is -1.20. The normalized spacial score (nSPS) is 32.1. The zero-order valence-electron chi connectivity index (χ0n) is 11.4. The van der Waals surface area contributed by atoms with E-state index in [4.69, 9.17) is 16.3 Å². The van der Waals surface area contributed by atoms with E-state index in [1.807, 2.05) is 0 Å². The highest BCUT2D eigenvalue weighted by Crippen LogP contribution is 2.47. The molecule has 120 valence electrons. The molecule has 8 heteroatoms. The molecular formula is C15H9ClF3NO3. The van der Waals surface area contributed by atoms with Gasteiger partial charge in [0.2, 0.25) is 11.8 Å². The summed E-state index contributed by atoms with van der Waals surface area (Å²) in [5, 5.41) is -0.481. The second kappa shape index (κ2) is 4.58. The summed E-state index contributed by atoms with van der Waals surface area (Å²) in [5.74, 6) is -2.40. The zero-order valence-corrected chi connectivity index (χ0v) is 12.1. The SMILES string of the molecule is O=C1[C@@H]2[C@H](C(=O)N1c1ccc(Cl)c(C(F)(F)F)c1)[C@@H]1C=C[C@H]2O1. The maximum absolute atomic E-state index is 13.0. The molecule has 2 amide bonds. The molecule has 2 saturated heterocycles. The van der Waals surface area contributed by atoms with Crippen molar-refractivity contribution in [3.05, 3.63) is 40.9 Å². The first kappa shape index (κ1) is 14.7. The number of benzene rings is 1. The molecule has 3 aliphatic rings. The van der Waals surface area contributed by atoms with Crippen LogP contribution in [0.15, 0.2) is 30.4 Å². The van der Waals surface area contributed by atoms with Crippen molar-refractivity contribution in [2.45, 2.75) is 18.4 Å². The van der Waals surface area contributed by atoms with E-state index in [-0.39, 0.29) is 5.69 Å². The standard InChI is InChI=1S/C15H9ClF3NO3/c16-8-2-1-6(5-7(8)15(17,18)19)20-13(21)11-9-3-4-10(23-9)12(11)14(20)22/h1-5,9-12H/t9-,10+,11+,12-. The zero-order chi connectivity index (χ0) is 16.5. The number of imide groups is 1. The molecule has 0 radical (unpaired) electrons. The topological polar surface area (TPSA) is 46.6 Å². The van der Waals surface area contributed by atoms with Crippen LogP contribution < -0.4 is 4.90 Å². The second-order valence-corrected chi connectivity index (χ2v) is 6.08. The van der Waals surface area contributed by atoms with Gasteiger partial charge in [-0.1, -0.05) is 23.8 Å². The molecular weight excluding hydrogens is 335 g/mol. The number of alkyl halides is 3. The average molecular weight is 344 g/mol. The minimum absolute atomic E-state index is 0.120. The Morgan fingerprint density at radius 2 is 1.61 bits per heavy atom. The van der Waals surface area contributed by atoms with E-state index in [0.717, 1.165) is 17.0 Å². The maximum Gasteiger partial charge on any atom is 0.417 e. The van der Waals surface area contributed by atoms with Crippen LogP contribution in [0.4, 0.5) is 18.9 Å². The molecule has 0 unspecified atom stereocenters. The van der Waals surface area contributed by atoms with Crippen molar-refractivity contribution in [1.29, 1.82) is 0 Å². The Bertz CT molecular complexity index is 731. The summed E-state index contributed by atoms with van der Waals surface area (Å²) in [7, 11) is 0. The number of carbonyl (C=O) groups is 2. The van der Waals surface area contributed by atoms with Gasteiger partial charge in [0.15, 0.2) is 0 Å². The summed E-state index contributed by atoms with van der Waals surface area (Å²) < 4.78 is 44.4. The lowest BCUT2D eigenvalue weighted by molar-refractivity contribution is -0.137. The third-order valence-electron chi connectivity index (χ3n) is 4.42. The Hall–Kier alpha value is -1.86. The minimum Gasteiger partial charge on any atom is -0.365 e. The molecule has 3 aliphatic heterocycles. The van der Waals surface area contributed by atoms with Gasteiger partial charge in [-0.25, -0.2) is 4.90 Å². The summed E-state index contributed by atoms with van der Waals surface area (Å²) in [4.78, 5) is 25.8. The first-order valence-electron chi connectivity index (χ1n) is 6.87. The van der Waals surface area contributed by atoms with Crippen LogP contribution in [0, 0.1) is 11.8 Å². The van der Waals surface area contributed by atoms with Crippen LogP contribution in [0.1, 0.15) is 5.56 Å². The van der Waals surface area contributed by atoms with Crippen molar-refractivity contribution in [3.8, 4) is 0 Å². The van der Waals surface area contributed by atoms with Gasteiger partial charge in [0.05, 0.1) is 40.3 Å². The molecule has 2 fully saturated rings. The maximum atomic E-state index is 13.0. The fraction of sp³-hybridized carbons (Fsp3) is 0.333. The van der Waals surface area contributed by atoms with Crippen molar-refractivity contribution >= 4 is 29.1 Å². The van der Waals surface area contributed by atoms with Crippen LogP contribution in [0.3, 0.4) is 0 Å². The fourth-order valence-corrected chi connectivity index (χ4v) is 3.65. The summed E-state index contributed by atoms with van der Waals surface area (Å²) >= 11 is 5.57. The van der Waals surface area contributed by atoms with Crippen molar-refractivity contribution in [2.24, 2.45) is 11.8 Å². The molecule has 0 aromatic heterocycles. The molecule has 0 N–H and O–H groups in total. The summed E-state index contributed by atoms with van der Waals surface area (Å²) in [6.07, 6.45) is -2.22. The second-order valence-electron chi connectivity index (χ2n) is 5.68. The molecule has 2 bridgehead atoms. The highest BCUT2D eigenvalue weighted by molar-refractivity contribution is 6.31. The van der Waals surface area contributed by atoms with Crippen LogP contribution in [0.2, 0.25) is 5.02 Å². The van der Waals surface area contributed by atoms with Gasteiger partial charge in [-0.15, -0.1) is 0 Å². The van der Waals surface area contributed by atoms with E-state index in [0.29, 0.717) is 0 Å². The number of halogens is 4. The number of ether oxygens (including phenoxy) is 1.